The molecule has 2 rings (SSSR count). The Morgan fingerprint density at radius 1 is 1.11 bits per heavy atom. The SMILES string of the molecule is CN(C)S(=O)(=O)c1cc(C(=O)NCCc2ccc(C(F)(F)F)cc2)ccc1Cl. The molecular formula is C18H18ClF3N2O3S. The van der Waals surface area contributed by atoms with E-state index in [0.717, 1.165) is 16.4 Å². The highest BCUT2D eigenvalue weighted by molar-refractivity contribution is 7.89. The third-order valence-corrected chi connectivity index (χ3v) is 6.23. The molecule has 0 aromatic heterocycles. The van der Waals surface area contributed by atoms with Crippen molar-refractivity contribution in [2.45, 2.75) is 17.5 Å². The minimum atomic E-state index is -4.40. The van der Waals surface area contributed by atoms with Gasteiger partial charge in [-0.25, -0.2) is 12.7 Å². The second-order valence-electron chi connectivity index (χ2n) is 6.13. The first-order chi connectivity index (χ1) is 12.9. The van der Waals surface area contributed by atoms with Crippen LogP contribution < -0.4 is 5.32 Å². The predicted octanol–water partition coefficient (Wildman–Crippen LogP) is 3.58. The lowest BCUT2D eigenvalue weighted by Gasteiger charge is -2.14. The maximum absolute atomic E-state index is 12.5. The van der Waals surface area contributed by atoms with Crippen LogP contribution in [0.2, 0.25) is 5.02 Å². The Balaban J connectivity index is 2.04. The van der Waals surface area contributed by atoms with Crippen molar-refractivity contribution in [3.05, 3.63) is 64.2 Å². The van der Waals surface area contributed by atoms with E-state index in [2.05, 4.69) is 5.32 Å². The number of carbonyl (C=O) groups is 1. The maximum Gasteiger partial charge on any atom is 0.416 e. The van der Waals surface area contributed by atoms with Gasteiger partial charge in [0, 0.05) is 26.2 Å². The lowest BCUT2D eigenvalue weighted by Crippen LogP contribution is -2.27. The largest absolute Gasteiger partial charge is 0.416 e. The molecule has 0 unspecified atom stereocenters. The Morgan fingerprint density at radius 3 is 2.25 bits per heavy atom. The first-order valence-electron chi connectivity index (χ1n) is 8.09. The van der Waals surface area contributed by atoms with Crippen LogP contribution in [0.4, 0.5) is 13.2 Å². The fourth-order valence-corrected chi connectivity index (χ4v) is 3.72. The Bertz CT molecular complexity index is 959. The van der Waals surface area contributed by atoms with E-state index < -0.39 is 27.7 Å². The Kier molecular flexibility index (Phi) is 6.74. The maximum atomic E-state index is 12.5. The molecule has 0 saturated carbocycles. The Labute approximate surface area is 166 Å². The first kappa shape index (κ1) is 22.2. The summed E-state index contributed by atoms with van der Waals surface area (Å²) in [5.41, 5.74) is -0.00592. The molecule has 2 aromatic carbocycles. The number of benzene rings is 2. The van der Waals surface area contributed by atoms with Crippen molar-refractivity contribution in [2.24, 2.45) is 0 Å². The van der Waals surface area contributed by atoms with Crippen molar-refractivity contribution in [3.63, 3.8) is 0 Å². The number of nitrogens with zero attached hydrogens (tertiary/aromatic N) is 1. The number of nitrogens with one attached hydrogen (secondary N) is 1. The van der Waals surface area contributed by atoms with Crippen molar-refractivity contribution < 1.29 is 26.4 Å². The fourth-order valence-electron chi connectivity index (χ4n) is 2.32. The third-order valence-electron chi connectivity index (χ3n) is 3.93. The van der Waals surface area contributed by atoms with Crippen LogP contribution in [0.1, 0.15) is 21.5 Å². The molecule has 5 nitrogen and oxygen atoms in total. The molecule has 0 fully saturated rings. The highest BCUT2D eigenvalue weighted by Gasteiger charge is 2.29. The van der Waals surface area contributed by atoms with Crippen molar-refractivity contribution in [3.8, 4) is 0 Å². The molecule has 152 valence electrons. The zero-order valence-corrected chi connectivity index (χ0v) is 16.6. The van der Waals surface area contributed by atoms with Gasteiger partial charge >= 0.3 is 6.18 Å². The van der Waals surface area contributed by atoms with E-state index in [1.165, 1.54) is 44.4 Å². The second kappa shape index (κ2) is 8.50. The van der Waals surface area contributed by atoms with E-state index in [9.17, 15) is 26.4 Å². The van der Waals surface area contributed by atoms with E-state index >= 15 is 0 Å². The van der Waals surface area contributed by atoms with Crippen LogP contribution in [0.25, 0.3) is 0 Å². The lowest BCUT2D eigenvalue weighted by atomic mass is 10.1. The molecule has 0 aliphatic rings. The molecule has 0 radical (unpaired) electrons. The number of amides is 1. The van der Waals surface area contributed by atoms with Crippen LogP contribution in [-0.4, -0.2) is 39.3 Å². The monoisotopic (exact) mass is 434 g/mol. The molecule has 1 N–H and O–H groups in total. The number of carbonyl (C=O) groups excluding carboxylic acids is 1. The molecule has 0 saturated heterocycles. The van der Waals surface area contributed by atoms with E-state index in [0.29, 0.717) is 12.0 Å². The lowest BCUT2D eigenvalue weighted by molar-refractivity contribution is -0.137. The molecule has 2 aromatic rings. The van der Waals surface area contributed by atoms with Gasteiger partial charge in [0.1, 0.15) is 4.90 Å². The average Bonchev–Trinajstić information content (AvgIpc) is 2.61. The minimum absolute atomic E-state index is 0.00463. The zero-order valence-electron chi connectivity index (χ0n) is 15.0. The van der Waals surface area contributed by atoms with Crippen LogP contribution in [0.5, 0.6) is 0 Å². The molecule has 0 bridgehead atoms. The summed E-state index contributed by atoms with van der Waals surface area (Å²) in [5, 5.41) is 2.60. The van der Waals surface area contributed by atoms with E-state index in [1.807, 2.05) is 0 Å². The quantitative estimate of drug-likeness (QED) is 0.755. The van der Waals surface area contributed by atoms with Gasteiger partial charge in [0.05, 0.1) is 10.6 Å². The van der Waals surface area contributed by atoms with Gasteiger partial charge in [-0.05, 0) is 42.3 Å². The van der Waals surface area contributed by atoms with Gasteiger partial charge in [-0.3, -0.25) is 4.79 Å². The number of hydrogen-bond acceptors (Lipinski definition) is 3. The summed E-state index contributed by atoms with van der Waals surface area (Å²) in [6, 6.07) is 8.56. The van der Waals surface area contributed by atoms with Gasteiger partial charge in [0.2, 0.25) is 10.0 Å². The molecule has 0 aliphatic heterocycles. The molecule has 0 heterocycles. The van der Waals surface area contributed by atoms with Gasteiger partial charge in [0.25, 0.3) is 5.91 Å². The van der Waals surface area contributed by atoms with Gasteiger partial charge in [0.15, 0.2) is 0 Å². The molecule has 28 heavy (non-hydrogen) atoms. The molecular weight excluding hydrogens is 417 g/mol. The van der Waals surface area contributed by atoms with Gasteiger partial charge in [-0.1, -0.05) is 23.7 Å². The summed E-state index contributed by atoms with van der Waals surface area (Å²) in [6.07, 6.45) is -4.08. The first-order valence-corrected chi connectivity index (χ1v) is 9.91. The molecule has 1 amide bonds. The van der Waals surface area contributed by atoms with Crippen LogP contribution >= 0.6 is 11.6 Å². The summed E-state index contributed by atoms with van der Waals surface area (Å²) in [5.74, 6) is -0.515. The van der Waals surface area contributed by atoms with Crippen molar-refractivity contribution in [1.29, 1.82) is 0 Å². The number of alkyl halides is 3. The van der Waals surface area contributed by atoms with Crippen LogP contribution in [0.3, 0.4) is 0 Å². The number of hydrogen-bond donors (Lipinski definition) is 1. The molecule has 0 atom stereocenters. The van der Waals surface area contributed by atoms with E-state index in [4.69, 9.17) is 11.6 Å². The summed E-state index contributed by atoms with van der Waals surface area (Å²) in [4.78, 5) is 12.1. The Hall–Kier alpha value is -2.10. The van der Waals surface area contributed by atoms with E-state index in [1.54, 1.807) is 0 Å². The minimum Gasteiger partial charge on any atom is -0.352 e. The fraction of sp³-hybridized carbons (Fsp3) is 0.278. The van der Waals surface area contributed by atoms with Crippen molar-refractivity contribution in [1.82, 2.24) is 9.62 Å². The molecule has 0 aliphatic carbocycles. The number of halogens is 4. The third kappa shape index (κ3) is 5.24. The molecule has 10 heteroatoms. The predicted molar refractivity (Wildman–Crippen MR) is 99.8 cm³/mol. The van der Waals surface area contributed by atoms with E-state index in [-0.39, 0.29) is 22.0 Å². The van der Waals surface area contributed by atoms with Crippen molar-refractivity contribution >= 4 is 27.5 Å². The standard InChI is InChI=1S/C18H18ClF3N2O3S/c1-24(2)28(26,27)16-11-13(5-8-15(16)19)17(25)23-10-9-12-3-6-14(7-4-12)18(20,21)22/h3-8,11H,9-10H2,1-2H3,(H,23,25). The summed E-state index contributed by atoms with van der Waals surface area (Å²) in [7, 11) is -1.11. The zero-order chi connectivity index (χ0) is 21.1. The van der Waals surface area contributed by atoms with Crippen LogP contribution in [-0.2, 0) is 22.6 Å². The average molecular weight is 435 g/mol. The Morgan fingerprint density at radius 2 is 1.71 bits per heavy atom. The summed E-state index contributed by atoms with van der Waals surface area (Å²) in [6.45, 7) is 0.169. The molecule has 0 spiro atoms. The second-order valence-corrected chi connectivity index (χ2v) is 8.66. The summed E-state index contributed by atoms with van der Waals surface area (Å²) >= 11 is 5.94. The highest BCUT2D eigenvalue weighted by Crippen LogP contribution is 2.29. The number of rotatable bonds is 6. The van der Waals surface area contributed by atoms with Gasteiger partial charge in [-0.2, -0.15) is 13.2 Å². The van der Waals surface area contributed by atoms with Crippen LogP contribution in [0, 0.1) is 0 Å². The number of sulfonamides is 1. The topological polar surface area (TPSA) is 66.5 Å². The van der Waals surface area contributed by atoms with Gasteiger partial charge in [-0.15, -0.1) is 0 Å². The van der Waals surface area contributed by atoms with Crippen LogP contribution in [0.15, 0.2) is 47.4 Å². The van der Waals surface area contributed by atoms with Crippen molar-refractivity contribution in [2.75, 3.05) is 20.6 Å². The van der Waals surface area contributed by atoms with Gasteiger partial charge < -0.3 is 5.32 Å². The normalized spacial score (nSPS) is 12.2. The highest BCUT2D eigenvalue weighted by atomic mass is 35.5. The summed E-state index contributed by atoms with van der Waals surface area (Å²) < 4.78 is 63.1. The smallest absolute Gasteiger partial charge is 0.352 e.